The average molecular weight is 257 g/mol. The van der Waals surface area contributed by atoms with Gasteiger partial charge in [0.2, 0.25) is 10.0 Å². The summed E-state index contributed by atoms with van der Waals surface area (Å²) in [5.41, 5.74) is 0.994. The highest BCUT2D eigenvalue weighted by atomic mass is 32.2. The molecule has 0 spiro atoms. The predicted molar refractivity (Wildman–Crippen MR) is 62.1 cm³/mol. The number of hydrogen-bond donors (Lipinski definition) is 2. The Kier molecular flexibility index (Phi) is 3.48. The molecule has 0 saturated carbocycles. The van der Waals surface area contributed by atoms with E-state index in [4.69, 9.17) is 4.74 Å². The molecule has 1 saturated heterocycles. The van der Waals surface area contributed by atoms with Gasteiger partial charge in [0.05, 0.1) is 30.3 Å². The Labute approximate surface area is 100 Å². The van der Waals surface area contributed by atoms with E-state index in [-0.39, 0.29) is 18.1 Å². The molecule has 0 radical (unpaired) electrons. The highest BCUT2D eigenvalue weighted by Crippen LogP contribution is 2.13. The summed E-state index contributed by atoms with van der Waals surface area (Å²) in [4.78, 5) is 0.196. The number of aryl methyl sites for hydroxylation is 1. The minimum absolute atomic E-state index is 0.168. The normalized spacial score (nSPS) is 25.1. The molecular weight excluding hydrogens is 242 g/mol. The van der Waals surface area contributed by atoms with Gasteiger partial charge in [-0.05, 0) is 19.1 Å². The van der Waals surface area contributed by atoms with E-state index < -0.39 is 22.2 Å². The first-order valence-electron chi connectivity index (χ1n) is 5.34. The van der Waals surface area contributed by atoms with Gasteiger partial charge in [-0.2, -0.15) is 0 Å². The Morgan fingerprint density at radius 1 is 1.29 bits per heavy atom. The second-order valence-corrected chi connectivity index (χ2v) is 5.86. The van der Waals surface area contributed by atoms with Crippen LogP contribution in [0.25, 0.3) is 0 Å². The van der Waals surface area contributed by atoms with Gasteiger partial charge in [-0.1, -0.05) is 17.7 Å². The van der Waals surface area contributed by atoms with Crippen molar-refractivity contribution in [2.45, 2.75) is 24.0 Å². The first-order valence-corrected chi connectivity index (χ1v) is 6.82. The van der Waals surface area contributed by atoms with E-state index >= 15 is 0 Å². The molecule has 1 aromatic carbocycles. The number of rotatable bonds is 3. The Morgan fingerprint density at radius 3 is 2.47 bits per heavy atom. The summed E-state index contributed by atoms with van der Waals surface area (Å²) in [6.45, 7) is 2.26. The third-order valence-corrected chi connectivity index (χ3v) is 4.19. The van der Waals surface area contributed by atoms with Gasteiger partial charge >= 0.3 is 0 Å². The Morgan fingerprint density at radius 2 is 1.94 bits per heavy atom. The molecule has 1 fully saturated rings. The first kappa shape index (κ1) is 12.5. The highest BCUT2D eigenvalue weighted by Gasteiger charge is 2.30. The summed E-state index contributed by atoms with van der Waals surface area (Å²) in [5.74, 6) is 0. The maximum absolute atomic E-state index is 12.0. The second-order valence-electron chi connectivity index (χ2n) is 4.15. The summed E-state index contributed by atoms with van der Waals surface area (Å²) >= 11 is 0. The number of aliphatic hydroxyl groups excluding tert-OH is 1. The lowest BCUT2D eigenvalue weighted by atomic mass is 10.2. The number of aliphatic hydroxyl groups is 1. The highest BCUT2D eigenvalue weighted by molar-refractivity contribution is 7.89. The van der Waals surface area contributed by atoms with Crippen molar-refractivity contribution >= 4 is 10.0 Å². The summed E-state index contributed by atoms with van der Waals surface area (Å²) in [6.07, 6.45) is -0.782. The Balaban J connectivity index is 2.16. The molecule has 0 unspecified atom stereocenters. The number of ether oxygens (including phenoxy) is 1. The van der Waals surface area contributed by atoms with Crippen molar-refractivity contribution in [3.8, 4) is 0 Å². The van der Waals surface area contributed by atoms with Crippen molar-refractivity contribution in [2.24, 2.45) is 0 Å². The van der Waals surface area contributed by atoms with E-state index in [0.29, 0.717) is 0 Å². The second kappa shape index (κ2) is 4.73. The summed E-state index contributed by atoms with van der Waals surface area (Å²) in [5, 5.41) is 9.49. The fourth-order valence-corrected chi connectivity index (χ4v) is 2.89. The van der Waals surface area contributed by atoms with Gasteiger partial charge in [-0.3, -0.25) is 0 Å². The molecule has 2 rings (SSSR count). The van der Waals surface area contributed by atoms with Crippen LogP contribution in [-0.2, 0) is 14.8 Å². The van der Waals surface area contributed by atoms with Gasteiger partial charge in [0.1, 0.15) is 0 Å². The van der Waals surface area contributed by atoms with Crippen LogP contribution in [0.2, 0.25) is 0 Å². The maximum atomic E-state index is 12.0. The number of sulfonamides is 1. The predicted octanol–water partition coefficient (Wildman–Crippen LogP) is 0.0330. The third-order valence-electron chi connectivity index (χ3n) is 2.69. The van der Waals surface area contributed by atoms with E-state index in [1.54, 1.807) is 24.3 Å². The zero-order valence-electron chi connectivity index (χ0n) is 9.46. The SMILES string of the molecule is Cc1ccc(S(=O)(=O)N[C@@H]2COC[C@H]2O)cc1. The quantitative estimate of drug-likeness (QED) is 0.801. The largest absolute Gasteiger partial charge is 0.389 e. The fourth-order valence-electron chi connectivity index (χ4n) is 1.64. The van der Waals surface area contributed by atoms with Gasteiger partial charge in [0, 0.05) is 0 Å². The van der Waals surface area contributed by atoms with E-state index in [2.05, 4.69) is 4.72 Å². The van der Waals surface area contributed by atoms with Gasteiger partial charge in [0.25, 0.3) is 0 Å². The molecule has 6 heteroatoms. The summed E-state index contributed by atoms with van der Waals surface area (Å²) in [6, 6.07) is 5.98. The van der Waals surface area contributed by atoms with Crippen molar-refractivity contribution < 1.29 is 18.3 Å². The molecule has 1 aliphatic heterocycles. The molecule has 0 aromatic heterocycles. The van der Waals surface area contributed by atoms with Crippen LogP contribution >= 0.6 is 0 Å². The lowest BCUT2D eigenvalue weighted by Gasteiger charge is -2.14. The Bertz CT molecular complexity index is 483. The van der Waals surface area contributed by atoms with Crippen molar-refractivity contribution in [3.05, 3.63) is 29.8 Å². The van der Waals surface area contributed by atoms with Crippen LogP contribution in [0, 0.1) is 6.92 Å². The van der Waals surface area contributed by atoms with Crippen LogP contribution in [0.5, 0.6) is 0 Å². The van der Waals surface area contributed by atoms with Crippen LogP contribution in [0.3, 0.4) is 0 Å². The van der Waals surface area contributed by atoms with Crippen molar-refractivity contribution in [1.29, 1.82) is 0 Å². The fraction of sp³-hybridized carbons (Fsp3) is 0.455. The molecule has 94 valence electrons. The lowest BCUT2D eigenvalue weighted by Crippen LogP contribution is -2.42. The van der Waals surface area contributed by atoms with Crippen molar-refractivity contribution in [1.82, 2.24) is 4.72 Å². The van der Waals surface area contributed by atoms with Crippen molar-refractivity contribution in [3.63, 3.8) is 0 Å². The average Bonchev–Trinajstić information content (AvgIpc) is 2.64. The lowest BCUT2D eigenvalue weighted by molar-refractivity contribution is 0.124. The molecule has 2 atom stereocenters. The van der Waals surface area contributed by atoms with Gasteiger partial charge in [-0.15, -0.1) is 0 Å². The summed E-state index contributed by atoms with van der Waals surface area (Å²) in [7, 11) is -3.58. The molecule has 0 aliphatic carbocycles. The molecular formula is C11H15NO4S. The zero-order valence-corrected chi connectivity index (χ0v) is 10.3. The molecule has 0 amide bonds. The standard InChI is InChI=1S/C11H15NO4S/c1-8-2-4-9(5-3-8)17(14,15)12-10-6-16-7-11(10)13/h2-5,10-13H,6-7H2,1H3/t10-,11-/m1/s1. The topological polar surface area (TPSA) is 75.6 Å². The first-order chi connectivity index (χ1) is 7.99. The molecule has 1 aliphatic rings. The van der Waals surface area contributed by atoms with Crippen molar-refractivity contribution in [2.75, 3.05) is 13.2 Å². The maximum Gasteiger partial charge on any atom is 0.240 e. The Hall–Kier alpha value is -0.950. The van der Waals surface area contributed by atoms with E-state index in [1.165, 1.54) is 0 Å². The van der Waals surface area contributed by atoms with Crippen LogP contribution < -0.4 is 4.72 Å². The van der Waals surface area contributed by atoms with Gasteiger partial charge in [0.15, 0.2) is 0 Å². The molecule has 5 nitrogen and oxygen atoms in total. The molecule has 1 heterocycles. The van der Waals surface area contributed by atoms with Gasteiger partial charge < -0.3 is 9.84 Å². The molecule has 1 aromatic rings. The monoisotopic (exact) mass is 257 g/mol. The zero-order chi connectivity index (χ0) is 12.5. The number of benzene rings is 1. The van der Waals surface area contributed by atoms with E-state index in [0.717, 1.165) is 5.56 Å². The van der Waals surface area contributed by atoms with Gasteiger partial charge in [-0.25, -0.2) is 13.1 Å². The molecule has 0 bridgehead atoms. The number of hydrogen-bond acceptors (Lipinski definition) is 4. The third kappa shape index (κ3) is 2.84. The molecule has 17 heavy (non-hydrogen) atoms. The van der Waals surface area contributed by atoms with E-state index in [1.807, 2.05) is 6.92 Å². The number of nitrogens with one attached hydrogen (secondary N) is 1. The van der Waals surface area contributed by atoms with Crippen LogP contribution in [0.15, 0.2) is 29.2 Å². The minimum atomic E-state index is -3.58. The minimum Gasteiger partial charge on any atom is -0.389 e. The van der Waals surface area contributed by atoms with Crippen LogP contribution in [-0.4, -0.2) is 38.9 Å². The molecule has 2 N–H and O–H groups in total. The summed E-state index contributed by atoms with van der Waals surface area (Å²) < 4.78 is 31.4. The smallest absolute Gasteiger partial charge is 0.240 e. The van der Waals surface area contributed by atoms with Crippen LogP contribution in [0.4, 0.5) is 0 Å². The van der Waals surface area contributed by atoms with Crippen LogP contribution in [0.1, 0.15) is 5.56 Å². The van der Waals surface area contributed by atoms with E-state index in [9.17, 15) is 13.5 Å².